The summed E-state index contributed by atoms with van der Waals surface area (Å²) < 4.78 is 46.5. The van der Waals surface area contributed by atoms with E-state index in [1.54, 1.807) is 6.08 Å². The second-order valence-corrected chi connectivity index (χ2v) is 28.6. The van der Waals surface area contributed by atoms with Gasteiger partial charge >= 0.3 is 11.9 Å². The Kier molecular flexibility index (Phi) is 44.0. The average Bonchev–Trinajstić information content (AvgIpc) is 0.755. The fraction of sp³-hybridized carbons (Fsp3) is 0.903. The number of ether oxygens (including phenoxy) is 8. The number of aliphatic hydroxyl groups excluding tert-OH is 14. The van der Waals surface area contributed by atoms with E-state index in [2.05, 4.69) is 29.8 Å². The van der Waals surface area contributed by atoms with Crippen molar-refractivity contribution in [2.75, 3.05) is 33.0 Å². The van der Waals surface area contributed by atoms with Crippen molar-refractivity contribution in [2.45, 2.75) is 379 Å². The van der Waals surface area contributed by atoms with Crippen LogP contribution in [0.25, 0.3) is 0 Å². The number of aliphatic carboxylic acids is 2. The maximum absolute atomic E-state index is 13.6. The number of rotatable bonds is 54. The number of unbranched alkanes of at least 4 members (excludes halogenated alkanes) is 27. The molecule has 24 atom stereocenters. The number of hydrogen-bond acceptors (Lipinski definition) is 27. The molecule has 0 radical (unpaired) electrons. The second kappa shape index (κ2) is 49.4. The zero-order valence-electron chi connectivity index (χ0n) is 61.5. The summed E-state index contributed by atoms with van der Waals surface area (Å²) in [6, 6.07) is -4.73. The minimum atomic E-state index is -3.39. The zero-order valence-corrected chi connectivity index (χ0v) is 61.5. The Hall–Kier alpha value is -3.79. The zero-order chi connectivity index (χ0) is 76.9. The first-order chi connectivity index (χ1) is 49.7. The fourth-order valence-electron chi connectivity index (χ4n) is 13.9. The first-order valence-corrected chi connectivity index (χ1v) is 38.2. The van der Waals surface area contributed by atoms with Crippen molar-refractivity contribution in [1.82, 2.24) is 16.0 Å². The van der Waals surface area contributed by atoms with Gasteiger partial charge < -0.3 is 136 Å². The molecule has 3 unspecified atom stereocenters. The highest BCUT2D eigenvalue weighted by atomic mass is 16.8. The van der Waals surface area contributed by atoms with Crippen LogP contribution in [0.5, 0.6) is 0 Å². The van der Waals surface area contributed by atoms with Crippen LogP contribution >= 0.6 is 0 Å². The molecule has 4 saturated heterocycles. The van der Waals surface area contributed by atoms with Gasteiger partial charge in [0.2, 0.25) is 17.7 Å². The Balaban J connectivity index is 1.48. The molecule has 32 nitrogen and oxygen atoms in total. The van der Waals surface area contributed by atoms with Crippen molar-refractivity contribution in [3.8, 4) is 0 Å². The molecule has 0 spiro atoms. The molecule has 3 amide bonds. The molecule has 0 saturated carbocycles. The number of carboxylic acids is 2. The van der Waals surface area contributed by atoms with E-state index < -0.39 is 216 Å². The van der Waals surface area contributed by atoms with E-state index in [0.717, 1.165) is 65.2 Å². The van der Waals surface area contributed by atoms with E-state index in [4.69, 9.17) is 37.9 Å². The minimum absolute atomic E-state index is 0.155. The van der Waals surface area contributed by atoms with Crippen LogP contribution in [-0.2, 0) is 61.9 Å². The lowest BCUT2D eigenvalue weighted by molar-refractivity contribution is -0.388. The number of aliphatic hydroxyl groups is 14. The van der Waals surface area contributed by atoms with Gasteiger partial charge in [-0.25, -0.2) is 9.59 Å². The lowest BCUT2D eigenvalue weighted by Crippen LogP contribution is -2.72. The average molecular weight is 1500 g/mol. The summed E-state index contributed by atoms with van der Waals surface area (Å²) in [4.78, 5) is 65.0. The standard InChI is InChI=1S/C72H129N3O29/c1-5-7-9-11-13-15-17-19-20-21-22-24-26-28-30-32-34-36-54(86)75-46(47(82)35-33-31-29-27-25-23-18-16-14-12-10-8-6-2)43-97-67-61(91)60(90)63(53(42-79)99-67)100-68-62(92)66(58(88)51(40-77)98-68)104-72(70(95)96)38-49(84)56(74-45(4)81)65(103-72)59(89)52(41-78)101-71(69(93)94)37-48(83)55(73-44(3)80)64(102-71)57(87)50(85)39-76/h33,35,46-53,55-68,76-79,82-85,87-92H,5-32,34,36-43H2,1-4H3,(H,73,80)(H,74,81)(H,75,86)(H,93,94)(H,95,96)/b35-33+/t46-,47+,48-,49-,50+,51+,52+,53+,55+,56+,57+,58-,59+,60+,61?,62+,63+,64?,65?,66-,67+,68-,71+,72-/m0/s1. The van der Waals surface area contributed by atoms with E-state index in [1.807, 2.05) is 6.08 Å². The van der Waals surface area contributed by atoms with Crippen LogP contribution in [0.3, 0.4) is 0 Å². The van der Waals surface area contributed by atoms with Crippen molar-refractivity contribution < 1.29 is 144 Å². The number of amides is 3. The van der Waals surface area contributed by atoms with Crippen molar-refractivity contribution in [3.05, 3.63) is 12.2 Å². The molecule has 4 heterocycles. The second-order valence-electron chi connectivity index (χ2n) is 28.6. The molecular weight excluding hydrogens is 1370 g/mol. The van der Waals surface area contributed by atoms with Crippen LogP contribution in [0, 0.1) is 0 Å². The number of nitrogens with one attached hydrogen (secondary N) is 3. The normalized spacial score (nSPS) is 31.4. The minimum Gasteiger partial charge on any atom is -0.477 e. The third-order valence-corrected chi connectivity index (χ3v) is 20.0. The third kappa shape index (κ3) is 29.6. The first kappa shape index (κ1) is 92.6. The quantitative estimate of drug-likeness (QED) is 0.0300. The molecular formula is C72H129N3O29. The topological polar surface area (TPSA) is 519 Å². The molecule has 4 aliphatic rings. The van der Waals surface area contributed by atoms with Crippen LogP contribution in [-0.4, -0.2) is 290 Å². The van der Waals surface area contributed by atoms with E-state index in [9.17, 15) is 106 Å². The molecule has 0 aromatic carbocycles. The molecule has 32 heteroatoms. The highest BCUT2D eigenvalue weighted by Gasteiger charge is 2.62. The number of allylic oxidation sites excluding steroid dienone is 1. The molecule has 606 valence electrons. The predicted molar refractivity (Wildman–Crippen MR) is 372 cm³/mol. The van der Waals surface area contributed by atoms with Gasteiger partial charge in [-0.05, 0) is 19.3 Å². The lowest BCUT2D eigenvalue weighted by Gasteiger charge is -2.51. The molecule has 19 N–H and O–H groups in total. The molecule has 0 aromatic heterocycles. The summed E-state index contributed by atoms with van der Waals surface area (Å²) in [7, 11) is 0. The van der Waals surface area contributed by atoms with Crippen molar-refractivity contribution in [1.29, 1.82) is 0 Å². The molecule has 104 heavy (non-hydrogen) atoms. The van der Waals surface area contributed by atoms with Crippen LogP contribution in [0.1, 0.15) is 233 Å². The summed E-state index contributed by atoms with van der Waals surface area (Å²) in [5, 5.41) is 185. The number of carboxylic acid groups (broad SMARTS) is 2. The fourth-order valence-corrected chi connectivity index (χ4v) is 13.9. The van der Waals surface area contributed by atoms with Crippen molar-refractivity contribution >= 4 is 29.7 Å². The van der Waals surface area contributed by atoms with Gasteiger partial charge in [-0.1, -0.05) is 193 Å². The van der Waals surface area contributed by atoms with Crippen molar-refractivity contribution in [3.63, 3.8) is 0 Å². The smallest absolute Gasteiger partial charge is 0.364 e. The Labute approximate surface area is 611 Å². The summed E-state index contributed by atoms with van der Waals surface area (Å²) in [6.07, 6.45) is -5.62. The number of carbonyl (C=O) groups is 5. The largest absolute Gasteiger partial charge is 0.477 e. The number of carbonyl (C=O) groups excluding carboxylic acids is 3. The molecule has 4 aliphatic heterocycles. The summed E-state index contributed by atoms with van der Waals surface area (Å²) in [5.74, 6) is -13.1. The lowest BCUT2D eigenvalue weighted by atomic mass is 9.87. The van der Waals surface area contributed by atoms with Gasteiger partial charge in [0, 0.05) is 33.1 Å². The number of hydrogen-bond donors (Lipinski definition) is 19. The predicted octanol–water partition coefficient (Wildman–Crippen LogP) is 1.12. The van der Waals surface area contributed by atoms with Gasteiger partial charge in [-0.2, -0.15) is 0 Å². The summed E-state index contributed by atoms with van der Waals surface area (Å²) >= 11 is 0. The van der Waals surface area contributed by atoms with Crippen LogP contribution < -0.4 is 16.0 Å². The summed E-state index contributed by atoms with van der Waals surface area (Å²) in [5.41, 5.74) is 0. The van der Waals surface area contributed by atoms with Gasteiger partial charge in [0.1, 0.15) is 85.5 Å². The van der Waals surface area contributed by atoms with Gasteiger partial charge in [0.25, 0.3) is 11.6 Å². The van der Waals surface area contributed by atoms with Crippen LogP contribution in [0.4, 0.5) is 0 Å². The highest BCUT2D eigenvalue weighted by molar-refractivity contribution is 5.78. The van der Waals surface area contributed by atoms with E-state index in [1.165, 1.54) is 122 Å². The van der Waals surface area contributed by atoms with Gasteiger partial charge in [0.05, 0.1) is 69.5 Å². The summed E-state index contributed by atoms with van der Waals surface area (Å²) in [6.45, 7) is 1.12. The molecule has 0 bridgehead atoms. The Bertz CT molecular complexity index is 2440. The van der Waals surface area contributed by atoms with Crippen LogP contribution in [0.2, 0.25) is 0 Å². The molecule has 0 aliphatic carbocycles. The van der Waals surface area contributed by atoms with Gasteiger partial charge in [-0.15, -0.1) is 0 Å². The van der Waals surface area contributed by atoms with Gasteiger partial charge in [0.15, 0.2) is 12.6 Å². The Morgan fingerprint density at radius 3 is 1.41 bits per heavy atom. The SMILES string of the molecule is CCCCCCCCCCCCC/C=C/[C@@H](O)[C@H](CO[C@@H]1O[C@H](CO)[C@@H](O[C@@H]2O[C@H](CO)[C@H](O)[C@H](O[C@]3(C(=O)O)C[C@H](O)[C@@H](NC(C)=O)C([C@H](O)[C@@H](CO)O[C@]4(C(=O)O)C[C@H](O)[C@@H](NC(C)=O)C([C@H](O)[C@H](O)CO)O4)O3)[C@H]2O)[C@H](O)C1O)NC(=O)CCCCCCCCCCCCCCCCCCC. The van der Waals surface area contributed by atoms with E-state index in [0.29, 0.717) is 12.8 Å². The monoisotopic (exact) mass is 1500 g/mol. The molecule has 4 fully saturated rings. The van der Waals surface area contributed by atoms with E-state index in [-0.39, 0.29) is 12.3 Å². The Morgan fingerprint density at radius 1 is 0.519 bits per heavy atom. The van der Waals surface area contributed by atoms with Crippen molar-refractivity contribution in [2.24, 2.45) is 0 Å². The van der Waals surface area contributed by atoms with Gasteiger partial charge in [-0.3, -0.25) is 14.4 Å². The first-order valence-electron chi connectivity index (χ1n) is 38.2. The van der Waals surface area contributed by atoms with Crippen LogP contribution in [0.15, 0.2) is 12.2 Å². The third-order valence-electron chi connectivity index (χ3n) is 20.0. The maximum Gasteiger partial charge on any atom is 0.364 e. The van der Waals surface area contributed by atoms with E-state index >= 15 is 0 Å². The molecule has 0 aromatic rings. The maximum atomic E-state index is 13.6. The molecule has 4 rings (SSSR count). The Morgan fingerprint density at radius 2 is 0.962 bits per heavy atom. The highest BCUT2D eigenvalue weighted by Crippen LogP contribution is 2.41.